The Morgan fingerprint density at radius 3 is 2.21 bits per heavy atom. The molecule has 0 bridgehead atoms. The zero-order valence-corrected chi connectivity index (χ0v) is 25.8. The van der Waals surface area contributed by atoms with E-state index in [1.165, 1.54) is 46.6 Å². The van der Waals surface area contributed by atoms with Gasteiger partial charge in [0.1, 0.15) is 17.1 Å². The van der Waals surface area contributed by atoms with Gasteiger partial charge in [-0.25, -0.2) is 4.79 Å². The largest absolute Gasteiger partial charge is 0.494 e. The van der Waals surface area contributed by atoms with E-state index in [9.17, 15) is 14.4 Å². The summed E-state index contributed by atoms with van der Waals surface area (Å²) >= 11 is 0. The molecule has 1 saturated heterocycles. The van der Waals surface area contributed by atoms with Crippen LogP contribution in [0.2, 0.25) is 0 Å². The number of benzene rings is 2. The van der Waals surface area contributed by atoms with Crippen molar-refractivity contribution in [3.63, 3.8) is 0 Å². The van der Waals surface area contributed by atoms with Crippen LogP contribution in [0.5, 0.6) is 5.75 Å². The fourth-order valence-corrected chi connectivity index (χ4v) is 5.66. The third-order valence-electron chi connectivity index (χ3n) is 8.05. The molecule has 0 spiro atoms. The van der Waals surface area contributed by atoms with Crippen LogP contribution in [0.1, 0.15) is 78.0 Å². The van der Waals surface area contributed by atoms with E-state index < -0.39 is 11.9 Å². The molecular weight excluding hydrogens is 558 g/mol. The van der Waals surface area contributed by atoms with E-state index in [2.05, 4.69) is 18.7 Å². The van der Waals surface area contributed by atoms with Crippen LogP contribution in [0.25, 0.3) is 11.0 Å². The highest BCUT2D eigenvalue weighted by Crippen LogP contribution is 2.31. The van der Waals surface area contributed by atoms with Crippen molar-refractivity contribution in [3.8, 4) is 5.75 Å². The molecule has 1 fully saturated rings. The SMILES string of the molecule is CCC1CC(CC)CN(CCCOc2ccc(C(=O)c3c(CCC(=O)OC)oc4ccc(C(=O)OC)cc34)cc2)C1.Cl. The molecule has 3 aromatic rings. The summed E-state index contributed by atoms with van der Waals surface area (Å²) in [5, 5.41) is 0.492. The van der Waals surface area contributed by atoms with Crippen molar-refractivity contribution in [1.82, 2.24) is 4.90 Å². The van der Waals surface area contributed by atoms with E-state index in [4.69, 9.17) is 18.6 Å². The first-order valence-corrected chi connectivity index (χ1v) is 14.6. The van der Waals surface area contributed by atoms with Gasteiger partial charge < -0.3 is 23.5 Å². The smallest absolute Gasteiger partial charge is 0.337 e. The first-order valence-electron chi connectivity index (χ1n) is 14.6. The van der Waals surface area contributed by atoms with Crippen LogP contribution in [-0.2, 0) is 20.7 Å². The Hall–Kier alpha value is -3.36. The third kappa shape index (κ3) is 8.13. The molecule has 2 unspecified atom stereocenters. The monoisotopic (exact) mass is 599 g/mol. The number of carbonyl (C=O) groups excluding carboxylic acids is 3. The molecule has 1 aliphatic rings. The normalized spacial score (nSPS) is 17.0. The number of methoxy groups -OCH3 is 2. The fraction of sp³-hybridized carbons (Fsp3) is 0.485. The quantitative estimate of drug-likeness (QED) is 0.125. The standard InChI is InChI=1S/C33H41NO7.ClH/c1-5-22-18-23(6-2)21-34(20-22)16-7-17-40-26-11-8-24(9-12-26)32(36)31-27-19-25(33(37)39-4)10-13-28(27)41-29(31)14-15-30(35)38-3;/h8-13,19,22-23H,5-7,14-18,20-21H2,1-4H3;1H. The summed E-state index contributed by atoms with van der Waals surface area (Å²) in [5.41, 5.74) is 1.52. The van der Waals surface area contributed by atoms with Crippen LogP contribution in [0.15, 0.2) is 46.9 Å². The highest BCUT2D eigenvalue weighted by atomic mass is 35.5. The number of aryl methyl sites for hydroxylation is 1. The highest BCUT2D eigenvalue weighted by molar-refractivity contribution is 6.17. The predicted octanol–water partition coefficient (Wildman–Crippen LogP) is 6.50. The van der Waals surface area contributed by atoms with Crippen molar-refractivity contribution in [2.24, 2.45) is 11.8 Å². The number of fused-ring (bicyclic) bond motifs is 1. The molecule has 0 N–H and O–H groups in total. The number of hydrogen-bond acceptors (Lipinski definition) is 8. The highest BCUT2D eigenvalue weighted by Gasteiger charge is 2.26. The van der Waals surface area contributed by atoms with Crippen molar-refractivity contribution in [2.45, 2.75) is 52.4 Å². The fourth-order valence-electron chi connectivity index (χ4n) is 5.66. The number of rotatable bonds is 13. The number of nitrogens with zero attached hydrogens (tertiary/aromatic N) is 1. The van der Waals surface area contributed by atoms with Crippen LogP contribution < -0.4 is 4.74 Å². The van der Waals surface area contributed by atoms with E-state index in [-0.39, 0.29) is 31.0 Å². The Balaban J connectivity index is 0.00000484. The number of ether oxygens (including phenoxy) is 3. The van der Waals surface area contributed by atoms with E-state index >= 15 is 0 Å². The number of likely N-dealkylation sites (tertiary alicyclic amines) is 1. The number of furan rings is 1. The summed E-state index contributed by atoms with van der Waals surface area (Å²) in [4.78, 5) is 40.2. The molecule has 2 heterocycles. The van der Waals surface area contributed by atoms with Gasteiger partial charge in [0.25, 0.3) is 0 Å². The first-order chi connectivity index (χ1) is 19.9. The average Bonchev–Trinajstić information content (AvgIpc) is 3.38. The number of hydrogen-bond donors (Lipinski definition) is 0. The van der Waals surface area contributed by atoms with Gasteiger partial charge in [0, 0.05) is 37.0 Å². The van der Waals surface area contributed by atoms with Gasteiger partial charge in [-0.3, -0.25) is 9.59 Å². The Kier molecular flexibility index (Phi) is 12.4. The molecule has 0 saturated carbocycles. The van der Waals surface area contributed by atoms with Gasteiger partial charge >= 0.3 is 11.9 Å². The Morgan fingerprint density at radius 2 is 1.60 bits per heavy atom. The van der Waals surface area contributed by atoms with Crippen molar-refractivity contribution < 1.29 is 33.0 Å². The van der Waals surface area contributed by atoms with Gasteiger partial charge in [0.05, 0.1) is 38.4 Å². The molecule has 2 aromatic carbocycles. The van der Waals surface area contributed by atoms with Gasteiger partial charge in [0.2, 0.25) is 0 Å². The predicted molar refractivity (Wildman–Crippen MR) is 164 cm³/mol. The molecule has 8 nitrogen and oxygen atoms in total. The van der Waals surface area contributed by atoms with E-state index in [0.717, 1.165) is 24.8 Å². The van der Waals surface area contributed by atoms with Crippen molar-refractivity contribution in [1.29, 1.82) is 0 Å². The Bertz CT molecular complexity index is 1340. The lowest BCUT2D eigenvalue weighted by Gasteiger charge is -2.37. The molecule has 1 aromatic heterocycles. The van der Waals surface area contributed by atoms with Crippen LogP contribution in [0, 0.1) is 11.8 Å². The van der Waals surface area contributed by atoms with Crippen molar-refractivity contribution in [3.05, 3.63) is 64.9 Å². The molecule has 0 aliphatic carbocycles. The maximum atomic E-state index is 13.7. The Morgan fingerprint density at radius 1 is 0.929 bits per heavy atom. The maximum absolute atomic E-state index is 13.7. The first kappa shape index (κ1) is 33.1. The number of carbonyl (C=O) groups is 3. The van der Waals surface area contributed by atoms with Gasteiger partial charge in [-0.2, -0.15) is 0 Å². The van der Waals surface area contributed by atoms with Crippen LogP contribution in [0.4, 0.5) is 0 Å². The van der Waals surface area contributed by atoms with E-state index in [1.54, 1.807) is 42.5 Å². The van der Waals surface area contributed by atoms with Crippen LogP contribution >= 0.6 is 12.4 Å². The minimum atomic E-state index is -0.514. The zero-order chi connectivity index (χ0) is 29.4. The molecule has 9 heteroatoms. The van der Waals surface area contributed by atoms with Gasteiger partial charge in [-0.1, -0.05) is 26.7 Å². The van der Waals surface area contributed by atoms with Gasteiger partial charge in [-0.05, 0) is 67.1 Å². The molecule has 4 rings (SSSR count). The zero-order valence-electron chi connectivity index (χ0n) is 25.0. The second kappa shape index (κ2) is 15.8. The van der Waals surface area contributed by atoms with Crippen LogP contribution in [0.3, 0.4) is 0 Å². The lowest BCUT2D eigenvalue weighted by molar-refractivity contribution is -0.140. The molecule has 228 valence electrons. The third-order valence-corrected chi connectivity index (χ3v) is 8.05. The second-order valence-corrected chi connectivity index (χ2v) is 10.8. The minimum absolute atomic E-state index is 0. The lowest BCUT2D eigenvalue weighted by atomic mass is 9.86. The van der Waals surface area contributed by atoms with E-state index in [1.807, 2.05) is 0 Å². The number of piperidine rings is 1. The summed E-state index contributed by atoms with van der Waals surface area (Å²) in [6.07, 6.45) is 5.01. The molecular formula is C33H42ClNO7. The summed E-state index contributed by atoms with van der Waals surface area (Å²) in [7, 11) is 2.62. The molecule has 0 radical (unpaired) electrons. The maximum Gasteiger partial charge on any atom is 0.337 e. The van der Waals surface area contributed by atoms with Gasteiger partial charge in [-0.15, -0.1) is 12.4 Å². The van der Waals surface area contributed by atoms with Crippen molar-refractivity contribution >= 4 is 41.1 Å². The number of esters is 2. The summed E-state index contributed by atoms with van der Waals surface area (Å²) in [6, 6.07) is 11.9. The second-order valence-electron chi connectivity index (χ2n) is 10.8. The molecule has 42 heavy (non-hydrogen) atoms. The van der Waals surface area contributed by atoms with Gasteiger partial charge in [0.15, 0.2) is 5.78 Å². The van der Waals surface area contributed by atoms with E-state index in [0.29, 0.717) is 45.8 Å². The lowest BCUT2D eigenvalue weighted by Crippen LogP contribution is -2.41. The number of ketones is 1. The average molecular weight is 600 g/mol. The molecule has 1 aliphatic heterocycles. The minimum Gasteiger partial charge on any atom is -0.494 e. The molecule has 0 amide bonds. The molecule has 2 atom stereocenters. The topological polar surface area (TPSA) is 95.3 Å². The van der Waals surface area contributed by atoms with Crippen molar-refractivity contribution in [2.75, 3.05) is 40.5 Å². The summed E-state index contributed by atoms with van der Waals surface area (Å²) in [6.45, 7) is 8.56. The summed E-state index contributed by atoms with van der Waals surface area (Å²) < 4.78 is 21.6. The van der Waals surface area contributed by atoms with Crippen LogP contribution in [-0.4, -0.2) is 63.1 Å². The Labute approximate surface area is 254 Å². The summed E-state index contributed by atoms with van der Waals surface area (Å²) in [5.74, 6) is 1.47. The number of halogens is 1.